The van der Waals surface area contributed by atoms with E-state index in [-0.39, 0.29) is 11.8 Å². The second-order valence-electron chi connectivity index (χ2n) is 4.62. The van der Waals surface area contributed by atoms with Crippen molar-refractivity contribution in [2.45, 2.75) is 23.5 Å². The molecule has 25 heavy (non-hydrogen) atoms. The number of halogens is 8. The number of hydrogen-bond acceptors (Lipinski definition) is 3. The summed E-state index contributed by atoms with van der Waals surface area (Å²) in [5, 5.41) is 11.7. The second-order valence-corrected chi connectivity index (χ2v) is 6.10. The SMILES string of the molecule is Cc1c(SC(F)(F)F)c(C#N)nn1-c1c(F)cc(C(F)(F)F)cc1Cl. The van der Waals surface area contributed by atoms with E-state index in [1.165, 1.54) is 6.07 Å². The van der Waals surface area contributed by atoms with Crippen molar-refractivity contribution in [1.82, 2.24) is 9.78 Å². The van der Waals surface area contributed by atoms with E-state index >= 15 is 0 Å². The minimum absolute atomic E-state index is 0.144. The molecule has 0 bridgehead atoms. The summed E-state index contributed by atoms with van der Waals surface area (Å²) in [5.74, 6) is -1.45. The zero-order chi connectivity index (χ0) is 19.2. The Morgan fingerprint density at radius 2 is 1.80 bits per heavy atom. The standard InChI is InChI=1S/C13H5ClF7N3S/c1-5-11(25-13(19,20)21)9(4-22)23-24(5)10-7(14)2-6(3-8(10)15)12(16,17)18/h2-3H,1H3. The van der Waals surface area contributed by atoms with E-state index in [1.807, 2.05) is 0 Å². The summed E-state index contributed by atoms with van der Waals surface area (Å²) in [5.41, 5.74) is -7.74. The van der Waals surface area contributed by atoms with E-state index in [4.69, 9.17) is 16.9 Å². The molecule has 0 fully saturated rings. The predicted molar refractivity (Wildman–Crippen MR) is 74.9 cm³/mol. The molecule has 0 spiro atoms. The number of thioether (sulfide) groups is 1. The molecule has 2 rings (SSSR count). The number of alkyl halides is 6. The Bertz CT molecular complexity index is 841. The molecule has 0 saturated heterocycles. The molecule has 0 amide bonds. The van der Waals surface area contributed by atoms with Crippen LogP contribution in [0, 0.1) is 24.1 Å². The van der Waals surface area contributed by atoms with Crippen molar-refractivity contribution in [1.29, 1.82) is 5.26 Å². The van der Waals surface area contributed by atoms with Crippen LogP contribution in [0.4, 0.5) is 30.7 Å². The topological polar surface area (TPSA) is 41.6 Å². The Morgan fingerprint density at radius 3 is 2.24 bits per heavy atom. The van der Waals surface area contributed by atoms with Crippen LogP contribution >= 0.6 is 23.4 Å². The average molecular weight is 404 g/mol. The number of aromatic nitrogens is 2. The summed E-state index contributed by atoms with van der Waals surface area (Å²) >= 11 is 5.03. The lowest BCUT2D eigenvalue weighted by Gasteiger charge is -2.13. The van der Waals surface area contributed by atoms with E-state index in [2.05, 4.69) is 5.10 Å². The van der Waals surface area contributed by atoms with Gasteiger partial charge in [-0.05, 0) is 30.8 Å². The monoisotopic (exact) mass is 403 g/mol. The van der Waals surface area contributed by atoms with Crippen molar-refractivity contribution >= 4 is 23.4 Å². The minimum atomic E-state index is -4.86. The maximum Gasteiger partial charge on any atom is 0.446 e. The third-order valence-electron chi connectivity index (χ3n) is 2.94. The van der Waals surface area contributed by atoms with Crippen molar-refractivity contribution < 1.29 is 30.7 Å². The van der Waals surface area contributed by atoms with Gasteiger partial charge in [-0.1, -0.05) is 11.6 Å². The van der Waals surface area contributed by atoms with Gasteiger partial charge in [0.25, 0.3) is 0 Å². The third kappa shape index (κ3) is 4.01. The van der Waals surface area contributed by atoms with Gasteiger partial charge >= 0.3 is 11.7 Å². The summed E-state index contributed by atoms with van der Waals surface area (Å²) < 4.78 is 90.4. The van der Waals surface area contributed by atoms with E-state index in [0.717, 1.165) is 6.92 Å². The highest BCUT2D eigenvalue weighted by atomic mass is 35.5. The molecule has 0 unspecified atom stereocenters. The molecule has 3 nitrogen and oxygen atoms in total. The van der Waals surface area contributed by atoms with Crippen molar-refractivity contribution in [3.63, 3.8) is 0 Å². The Kier molecular flexibility index (Phi) is 4.98. The van der Waals surface area contributed by atoms with Gasteiger partial charge in [0.15, 0.2) is 11.5 Å². The van der Waals surface area contributed by atoms with Gasteiger partial charge in [0.05, 0.1) is 21.2 Å². The summed E-state index contributed by atoms with van der Waals surface area (Å²) in [6, 6.07) is 1.99. The van der Waals surface area contributed by atoms with Gasteiger partial charge in [-0.3, -0.25) is 0 Å². The Labute approximate surface area is 145 Å². The molecule has 1 aromatic heterocycles. The minimum Gasteiger partial charge on any atom is -0.231 e. The van der Waals surface area contributed by atoms with Gasteiger partial charge in [0.1, 0.15) is 11.8 Å². The van der Waals surface area contributed by atoms with Crippen LogP contribution in [0.2, 0.25) is 5.02 Å². The van der Waals surface area contributed by atoms with Gasteiger partial charge in [-0.15, -0.1) is 0 Å². The van der Waals surface area contributed by atoms with Crippen LogP contribution in [-0.2, 0) is 6.18 Å². The highest BCUT2D eigenvalue weighted by Gasteiger charge is 2.35. The first-order valence-corrected chi connectivity index (χ1v) is 7.36. The van der Waals surface area contributed by atoms with Crippen LogP contribution in [-0.4, -0.2) is 15.3 Å². The zero-order valence-corrected chi connectivity index (χ0v) is 13.5. The second kappa shape index (κ2) is 6.42. The molecule has 134 valence electrons. The molecule has 12 heteroatoms. The Hall–Kier alpha value is -1.93. The predicted octanol–water partition coefficient (Wildman–Crippen LogP) is 5.48. The number of benzene rings is 1. The van der Waals surface area contributed by atoms with Crippen LogP contribution in [0.25, 0.3) is 5.69 Å². The number of nitriles is 1. The molecule has 0 atom stereocenters. The van der Waals surface area contributed by atoms with Crippen LogP contribution in [0.1, 0.15) is 17.0 Å². The van der Waals surface area contributed by atoms with Gasteiger partial charge in [-0.2, -0.15) is 36.7 Å². The fourth-order valence-corrected chi connectivity index (χ4v) is 2.88. The Balaban J connectivity index is 2.66. The van der Waals surface area contributed by atoms with Crippen molar-refractivity contribution in [3.8, 4) is 11.8 Å². The van der Waals surface area contributed by atoms with Crippen LogP contribution in [0.3, 0.4) is 0 Å². The molecule has 2 aromatic rings. The van der Waals surface area contributed by atoms with Gasteiger partial charge < -0.3 is 0 Å². The molecule has 0 aliphatic rings. The molecule has 1 aromatic carbocycles. The number of rotatable bonds is 2. The maximum atomic E-state index is 14.1. The Morgan fingerprint density at radius 1 is 1.20 bits per heavy atom. The molecule has 0 aliphatic heterocycles. The summed E-state index contributed by atoms with van der Waals surface area (Å²) in [6.07, 6.45) is -4.86. The summed E-state index contributed by atoms with van der Waals surface area (Å²) in [4.78, 5) is -0.592. The maximum absolute atomic E-state index is 14.1. The first kappa shape index (κ1) is 19.4. The molecule has 0 saturated carbocycles. The fourth-order valence-electron chi connectivity index (χ4n) is 1.95. The molecular weight excluding hydrogens is 399 g/mol. The van der Waals surface area contributed by atoms with Crippen molar-refractivity contribution in [2.24, 2.45) is 0 Å². The fraction of sp³-hybridized carbons (Fsp3) is 0.231. The van der Waals surface area contributed by atoms with Crippen molar-refractivity contribution in [3.05, 3.63) is 39.9 Å². The largest absolute Gasteiger partial charge is 0.446 e. The van der Waals surface area contributed by atoms with Crippen LogP contribution in [0.5, 0.6) is 0 Å². The first-order valence-electron chi connectivity index (χ1n) is 6.17. The first-order chi connectivity index (χ1) is 11.3. The van der Waals surface area contributed by atoms with Gasteiger partial charge in [0.2, 0.25) is 0 Å². The third-order valence-corrected chi connectivity index (χ3v) is 4.15. The quantitative estimate of drug-likeness (QED) is 0.493. The highest BCUT2D eigenvalue weighted by Crippen LogP contribution is 2.42. The smallest absolute Gasteiger partial charge is 0.231 e. The number of hydrogen-bond donors (Lipinski definition) is 0. The van der Waals surface area contributed by atoms with E-state index in [0.29, 0.717) is 10.7 Å². The lowest BCUT2D eigenvalue weighted by Crippen LogP contribution is -2.09. The molecule has 0 N–H and O–H groups in total. The van der Waals surface area contributed by atoms with Gasteiger partial charge in [-0.25, -0.2) is 9.07 Å². The van der Waals surface area contributed by atoms with E-state index in [9.17, 15) is 30.7 Å². The average Bonchev–Trinajstić information content (AvgIpc) is 2.73. The zero-order valence-electron chi connectivity index (χ0n) is 11.9. The molecule has 0 radical (unpaired) electrons. The van der Waals surface area contributed by atoms with E-state index < -0.39 is 56.1 Å². The summed E-state index contributed by atoms with van der Waals surface area (Å²) in [7, 11) is 0. The lowest BCUT2D eigenvalue weighted by molar-refractivity contribution is -0.137. The molecule has 1 heterocycles. The van der Waals surface area contributed by atoms with E-state index in [1.54, 1.807) is 0 Å². The summed E-state index contributed by atoms with van der Waals surface area (Å²) in [6.45, 7) is 1.11. The van der Waals surface area contributed by atoms with Crippen LogP contribution in [0.15, 0.2) is 17.0 Å². The molecule has 0 aliphatic carbocycles. The lowest BCUT2D eigenvalue weighted by atomic mass is 10.2. The number of nitrogens with zero attached hydrogens (tertiary/aromatic N) is 3. The normalized spacial score (nSPS) is 12.3. The van der Waals surface area contributed by atoms with Crippen molar-refractivity contribution in [2.75, 3.05) is 0 Å². The molecular formula is C13H5ClF7N3S. The highest BCUT2D eigenvalue weighted by molar-refractivity contribution is 8.00. The van der Waals surface area contributed by atoms with Gasteiger partial charge in [0, 0.05) is 0 Å². The van der Waals surface area contributed by atoms with Crippen LogP contribution < -0.4 is 0 Å².